The fourth-order valence-electron chi connectivity index (χ4n) is 2.32. The van der Waals surface area contributed by atoms with Gasteiger partial charge in [0.25, 0.3) is 5.91 Å². The van der Waals surface area contributed by atoms with E-state index in [1.54, 1.807) is 0 Å². The van der Waals surface area contributed by atoms with Crippen LogP contribution in [-0.2, 0) is 4.74 Å². The molecule has 0 aromatic carbocycles. The van der Waals surface area contributed by atoms with E-state index in [-0.39, 0.29) is 23.9 Å². The summed E-state index contributed by atoms with van der Waals surface area (Å²) in [4.78, 5) is 16.2. The maximum atomic E-state index is 13.9. The predicted molar refractivity (Wildman–Crippen MR) is 90.5 cm³/mol. The number of carbonyl (C=O) groups excluding carboxylic acids is 1. The molecular formula is C16H22ClF2N3O3. The van der Waals surface area contributed by atoms with Crippen molar-refractivity contribution in [3.63, 3.8) is 0 Å². The second kappa shape index (κ2) is 8.25. The van der Waals surface area contributed by atoms with Gasteiger partial charge in [0.1, 0.15) is 17.5 Å². The summed E-state index contributed by atoms with van der Waals surface area (Å²) in [6.07, 6.45) is -1.18. The van der Waals surface area contributed by atoms with E-state index in [4.69, 9.17) is 16.3 Å². The Hall–Kier alpha value is -1.51. The second-order valence-electron chi connectivity index (χ2n) is 6.51. The van der Waals surface area contributed by atoms with Crippen LogP contribution < -0.4 is 10.6 Å². The molecule has 9 heteroatoms. The van der Waals surface area contributed by atoms with Crippen LogP contribution in [0.3, 0.4) is 0 Å². The average molecular weight is 378 g/mol. The van der Waals surface area contributed by atoms with Gasteiger partial charge in [-0.2, -0.15) is 0 Å². The number of aliphatic hydroxyl groups is 1. The van der Waals surface area contributed by atoms with Gasteiger partial charge < -0.3 is 20.5 Å². The summed E-state index contributed by atoms with van der Waals surface area (Å²) >= 11 is 5.87. The topological polar surface area (TPSA) is 83.5 Å². The smallest absolute Gasteiger partial charge is 0.255 e. The van der Waals surface area contributed by atoms with Crippen LogP contribution in [0.4, 0.5) is 14.5 Å². The van der Waals surface area contributed by atoms with Crippen molar-refractivity contribution in [2.45, 2.75) is 44.3 Å². The van der Waals surface area contributed by atoms with Crippen molar-refractivity contribution < 1.29 is 23.4 Å². The lowest BCUT2D eigenvalue weighted by Crippen LogP contribution is -2.42. The normalized spacial score (nSPS) is 22.3. The zero-order chi connectivity index (χ0) is 18.6. The average Bonchev–Trinajstić information content (AvgIpc) is 2.53. The van der Waals surface area contributed by atoms with E-state index in [2.05, 4.69) is 15.6 Å². The molecule has 1 aromatic rings. The summed E-state index contributed by atoms with van der Waals surface area (Å²) in [5, 5.41) is 15.1. The Morgan fingerprint density at radius 3 is 2.96 bits per heavy atom. The highest BCUT2D eigenvalue weighted by atomic mass is 35.5. The standard InChI is InChI=1S/C16H22ClF2N3O3/c1-16(2,24)13(19)7-21-15(23)9-6-20-14(17)5-12(9)22-11-3-4-25-8-10(11)18/h5-6,10-11,13,24H,3-4,7-8H2,1-2H3,(H,20,22)(H,21,23)/t10?,11?,13-/m1/s1. The van der Waals surface area contributed by atoms with Crippen LogP contribution in [0, 0.1) is 0 Å². The van der Waals surface area contributed by atoms with Crippen molar-refractivity contribution in [2.24, 2.45) is 0 Å². The molecule has 6 nitrogen and oxygen atoms in total. The molecule has 0 aliphatic carbocycles. The van der Waals surface area contributed by atoms with E-state index in [0.717, 1.165) is 0 Å². The van der Waals surface area contributed by atoms with Crippen LogP contribution in [0.5, 0.6) is 0 Å². The summed E-state index contributed by atoms with van der Waals surface area (Å²) in [6.45, 7) is 2.65. The van der Waals surface area contributed by atoms with Gasteiger partial charge in [0.05, 0.1) is 36.0 Å². The Bertz CT molecular complexity index is 613. The number of amides is 1. The SMILES string of the molecule is CC(C)(O)[C@H](F)CNC(=O)c1cnc(Cl)cc1NC1CCOCC1F. The zero-order valence-corrected chi connectivity index (χ0v) is 14.8. The minimum absolute atomic E-state index is 0.0207. The number of hydrogen-bond donors (Lipinski definition) is 3. The molecule has 2 heterocycles. The molecule has 1 aliphatic heterocycles. The number of aromatic nitrogens is 1. The lowest BCUT2D eigenvalue weighted by atomic mass is 10.0. The molecule has 0 radical (unpaired) electrons. The van der Waals surface area contributed by atoms with E-state index < -0.39 is 29.9 Å². The molecule has 25 heavy (non-hydrogen) atoms. The first-order valence-corrected chi connectivity index (χ1v) is 8.35. The lowest BCUT2D eigenvalue weighted by molar-refractivity contribution is -0.00177. The van der Waals surface area contributed by atoms with Gasteiger partial charge in [0.15, 0.2) is 0 Å². The van der Waals surface area contributed by atoms with Crippen molar-refractivity contribution in [2.75, 3.05) is 25.1 Å². The summed E-state index contributed by atoms with van der Waals surface area (Å²) in [5.74, 6) is -0.596. The highest BCUT2D eigenvalue weighted by molar-refractivity contribution is 6.29. The fourth-order valence-corrected chi connectivity index (χ4v) is 2.48. The number of alkyl halides is 2. The maximum absolute atomic E-state index is 13.9. The van der Waals surface area contributed by atoms with Crippen molar-refractivity contribution in [3.05, 3.63) is 23.0 Å². The number of nitrogens with zero attached hydrogens (tertiary/aromatic N) is 1. The Labute approximate surface area is 149 Å². The number of halogens is 3. The zero-order valence-electron chi connectivity index (χ0n) is 14.1. The highest BCUT2D eigenvalue weighted by Gasteiger charge is 2.29. The van der Waals surface area contributed by atoms with Crippen molar-refractivity contribution in [1.29, 1.82) is 0 Å². The number of anilines is 1. The molecule has 1 amide bonds. The molecule has 3 atom stereocenters. The molecular weight excluding hydrogens is 356 g/mol. The lowest BCUT2D eigenvalue weighted by Gasteiger charge is -2.28. The summed E-state index contributed by atoms with van der Waals surface area (Å²) in [6, 6.07) is 0.894. The van der Waals surface area contributed by atoms with E-state index in [0.29, 0.717) is 18.7 Å². The van der Waals surface area contributed by atoms with Gasteiger partial charge in [-0.05, 0) is 26.3 Å². The van der Waals surface area contributed by atoms with Gasteiger partial charge in [-0.1, -0.05) is 11.6 Å². The first kappa shape index (κ1) is 19.8. The van der Waals surface area contributed by atoms with E-state index >= 15 is 0 Å². The number of nitrogens with one attached hydrogen (secondary N) is 2. The number of carbonyl (C=O) groups is 1. The quantitative estimate of drug-likeness (QED) is 0.661. The van der Waals surface area contributed by atoms with Gasteiger partial charge in [0.2, 0.25) is 0 Å². The molecule has 3 N–H and O–H groups in total. The molecule has 2 unspecified atom stereocenters. The summed E-state index contributed by atoms with van der Waals surface area (Å²) < 4.78 is 32.8. The third-order valence-corrected chi connectivity index (χ3v) is 4.16. The molecule has 0 bridgehead atoms. The minimum atomic E-state index is -1.64. The molecule has 1 saturated heterocycles. The van der Waals surface area contributed by atoms with Gasteiger partial charge in [-0.25, -0.2) is 13.8 Å². The largest absolute Gasteiger partial charge is 0.387 e. The van der Waals surface area contributed by atoms with Crippen LogP contribution in [0.25, 0.3) is 0 Å². The van der Waals surface area contributed by atoms with E-state index in [9.17, 15) is 18.7 Å². The molecule has 1 aliphatic rings. The number of ether oxygens (including phenoxy) is 1. The van der Waals surface area contributed by atoms with Crippen LogP contribution >= 0.6 is 11.6 Å². The molecule has 0 saturated carbocycles. The fraction of sp³-hybridized carbons (Fsp3) is 0.625. The highest BCUT2D eigenvalue weighted by Crippen LogP contribution is 2.23. The Kier molecular flexibility index (Phi) is 6.53. The Morgan fingerprint density at radius 1 is 1.60 bits per heavy atom. The molecule has 1 fully saturated rings. The van der Waals surface area contributed by atoms with Crippen molar-refractivity contribution in [3.8, 4) is 0 Å². The third kappa shape index (κ3) is 5.49. The molecule has 0 spiro atoms. The first-order chi connectivity index (χ1) is 11.7. The Balaban J connectivity index is 2.10. The third-order valence-electron chi connectivity index (χ3n) is 3.95. The van der Waals surface area contributed by atoms with Crippen LogP contribution in [0.15, 0.2) is 12.3 Å². The van der Waals surface area contributed by atoms with Gasteiger partial charge >= 0.3 is 0 Å². The summed E-state index contributed by atoms with van der Waals surface area (Å²) in [7, 11) is 0. The van der Waals surface area contributed by atoms with Crippen LogP contribution in [0.2, 0.25) is 5.15 Å². The van der Waals surface area contributed by atoms with Gasteiger partial charge in [-0.15, -0.1) is 0 Å². The van der Waals surface area contributed by atoms with Crippen molar-refractivity contribution in [1.82, 2.24) is 10.3 Å². The second-order valence-corrected chi connectivity index (χ2v) is 6.90. The van der Waals surface area contributed by atoms with Crippen LogP contribution in [-0.4, -0.2) is 59.7 Å². The Morgan fingerprint density at radius 2 is 2.32 bits per heavy atom. The molecule has 1 aromatic heterocycles. The monoisotopic (exact) mass is 377 g/mol. The number of pyridine rings is 1. The van der Waals surface area contributed by atoms with Crippen molar-refractivity contribution >= 4 is 23.2 Å². The maximum Gasteiger partial charge on any atom is 0.255 e. The number of hydrogen-bond acceptors (Lipinski definition) is 5. The molecule has 2 rings (SSSR count). The number of rotatable bonds is 6. The first-order valence-electron chi connectivity index (χ1n) is 7.97. The van der Waals surface area contributed by atoms with Crippen LogP contribution in [0.1, 0.15) is 30.6 Å². The van der Waals surface area contributed by atoms with E-state index in [1.165, 1.54) is 26.1 Å². The summed E-state index contributed by atoms with van der Waals surface area (Å²) in [5.41, 5.74) is -1.15. The van der Waals surface area contributed by atoms with Gasteiger partial charge in [-0.3, -0.25) is 4.79 Å². The molecule has 140 valence electrons. The van der Waals surface area contributed by atoms with Gasteiger partial charge in [0, 0.05) is 12.8 Å². The predicted octanol–water partition coefficient (Wildman–Crippen LogP) is 2.11. The minimum Gasteiger partial charge on any atom is -0.387 e. The van der Waals surface area contributed by atoms with E-state index in [1.807, 2.05) is 0 Å².